The van der Waals surface area contributed by atoms with Gasteiger partial charge in [0.05, 0.1) is 9.92 Å². The molecule has 2 aliphatic rings. The van der Waals surface area contributed by atoms with E-state index in [0.717, 1.165) is 30.2 Å². The predicted molar refractivity (Wildman–Crippen MR) is 148 cm³/mol. The number of ether oxygens (including phenoxy) is 2. The molecule has 4 atom stereocenters. The maximum atomic E-state index is 12.9. The van der Waals surface area contributed by atoms with Crippen molar-refractivity contribution in [3.8, 4) is 0 Å². The quantitative estimate of drug-likeness (QED) is 0.282. The molecule has 5 rings (SSSR count). The summed E-state index contributed by atoms with van der Waals surface area (Å²) in [5.41, 5.74) is 2.83. The molecule has 0 amide bonds. The first kappa shape index (κ1) is 26.8. The topological polar surface area (TPSA) is 69.7 Å². The zero-order chi connectivity index (χ0) is 26.9. The van der Waals surface area contributed by atoms with Crippen LogP contribution in [0.4, 0.5) is 0 Å². The Morgan fingerprint density at radius 2 is 1.61 bits per heavy atom. The van der Waals surface area contributed by atoms with Gasteiger partial charge in [-0.2, -0.15) is 0 Å². The van der Waals surface area contributed by atoms with Crippen molar-refractivity contribution < 1.29 is 22.7 Å². The number of hydrogen-bond acceptors (Lipinski definition) is 5. The molecule has 4 unspecified atom stereocenters. The molecule has 0 aromatic heterocycles. The molecule has 2 fully saturated rings. The summed E-state index contributed by atoms with van der Waals surface area (Å²) in [5.74, 6) is -1.16. The van der Waals surface area contributed by atoms with Crippen LogP contribution in [-0.2, 0) is 24.1 Å². The fourth-order valence-electron chi connectivity index (χ4n) is 5.80. The van der Waals surface area contributed by atoms with Crippen LogP contribution in [0.5, 0.6) is 0 Å². The third-order valence-corrected chi connectivity index (χ3v) is 9.20. The summed E-state index contributed by atoms with van der Waals surface area (Å²) in [5, 5.41) is 0.119. The average Bonchev–Trinajstić information content (AvgIpc) is 3.50. The Morgan fingerprint density at radius 1 is 1.03 bits per heavy atom. The van der Waals surface area contributed by atoms with Crippen LogP contribution in [0.25, 0.3) is 0 Å². The molecular weight excluding hydrogens is 520 g/mol. The van der Waals surface area contributed by atoms with Crippen molar-refractivity contribution in [2.75, 3.05) is 6.26 Å². The molecule has 7 heteroatoms. The summed E-state index contributed by atoms with van der Waals surface area (Å²) in [6, 6.07) is 25.0. The van der Waals surface area contributed by atoms with Crippen molar-refractivity contribution in [1.82, 2.24) is 0 Å². The van der Waals surface area contributed by atoms with Gasteiger partial charge < -0.3 is 9.47 Å². The molecule has 0 bridgehead atoms. The van der Waals surface area contributed by atoms with E-state index in [2.05, 4.69) is 30.8 Å². The number of sulfone groups is 1. The number of halogens is 1. The third-order valence-electron chi connectivity index (χ3n) is 7.62. The van der Waals surface area contributed by atoms with E-state index in [0.29, 0.717) is 18.4 Å². The van der Waals surface area contributed by atoms with Crippen LogP contribution in [0.3, 0.4) is 0 Å². The van der Waals surface area contributed by atoms with Gasteiger partial charge in [-0.1, -0.05) is 84.9 Å². The van der Waals surface area contributed by atoms with Gasteiger partial charge in [-0.25, -0.2) is 8.42 Å². The Kier molecular flexibility index (Phi) is 7.60. The Labute approximate surface area is 229 Å². The van der Waals surface area contributed by atoms with Crippen molar-refractivity contribution in [2.24, 2.45) is 5.92 Å². The van der Waals surface area contributed by atoms with Gasteiger partial charge in [0.1, 0.15) is 12.2 Å². The zero-order valence-corrected chi connectivity index (χ0v) is 22.8. The Balaban J connectivity index is 1.38. The SMILES string of the molecule is C=CC(=O)C(CC1CCC2(C1)OC(c1ccccc1)C(c1ccccc1)O2)c1ccc(S(C)(=O)=O)c(Cl)c1. The van der Waals surface area contributed by atoms with E-state index in [-0.39, 0.29) is 33.8 Å². The molecule has 198 valence electrons. The molecule has 1 spiro atoms. The van der Waals surface area contributed by atoms with E-state index in [4.69, 9.17) is 21.1 Å². The smallest absolute Gasteiger partial charge is 0.176 e. The molecule has 1 saturated heterocycles. The van der Waals surface area contributed by atoms with Crippen LogP contribution in [0.15, 0.2) is 96.4 Å². The molecule has 0 radical (unpaired) electrons. The minimum absolute atomic E-state index is 0.0548. The lowest BCUT2D eigenvalue weighted by Gasteiger charge is -2.24. The maximum absolute atomic E-state index is 12.9. The minimum atomic E-state index is -3.47. The number of rotatable bonds is 8. The molecule has 3 aromatic carbocycles. The van der Waals surface area contributed by atoms with E-state index in [1.165, 1.54) is 12.1 Å². The second-order valence-electron chi connectivity index (χ2n) is 10.3. The highest BCUT2D eigenvalue weighted by molar-refractivity contribution is 7.90. The van der Waals surface area contributed by atoms with Crippen molar-refractivity contribution in [2.45, 2.75) is 54.5 Å². The highest BCUT2D eigenvalue weighted by Gasteiger charge is 2.52. The summed E-state index contributed by atoms with van der Waals surface area (Å²) in [6.07, 6.45) is 4.79. The molecule has 1 heterocycles. The van der Waals surface area contributed by atoms with Gasteiger partial charge in [-0.3, -0.25) is 4.79 Å². The van der Waals surface area contributed by atoms with Gasteiger partial charge in [-0.15, -0.1) is 0 Å². The molecule has 5 nitrogen and oxygen atoms in total. The number of carbonyl (C=O) groups is 1. The van der Waals surface area contributed by atoms with E-state index < -0.39 is 21.5 Å². The van der Waals surface area contributed by atoms with Gasteiger partial charge in [0.25, 0.3) is 0 Å². The number of benzene rings is 3. The number of carbonyl (C=O) groups excluding carboxylic acids is 1. The van der Waals surface area contributed by atoms with Gasteiger partial charge in [0.2, 0.25) is 0 Å². The standard InChI is InChI=1S/C31H31ClO5S/c1-3-27(33)25(24-14-15-28(26(32)19-24)38(2,34)35)18-21-16-17-31(20-21)36-29(22-10-6-4-7-11-22)30(37-31)23-12-8-5-9-13-23/h3-15,19,21,25,29-30H,1,16-18,20H2,2H3. The van der Waals surface area contributed by atoms with E-state index in [1.54, 1.807) is 12.1 Å². The number of allylic oxidation sites excluding steroid dienone is 1. The van der Waals surface area contributed by atoms with Gasteiger partial charge >= 0.3 is 0 Å². The van der Waals surface area contributed by atoms with E-state index in [1.807, 2.05) is 36.4 Å². The van der Waals surface area contributed by atoms with Gasteiger partial charge in [0.15, 0.2) is 21.4 Å². The normalized spacial score (nSPS) is 25.9. The van der Waals surface area contributed by atoms with Crippen LogP contribution in [0.2, 0.25) is 5.02 Å². The van der Waals surface area contributed by atoms with E-state index in [9.17, 15) is 13.2 Å². The molecular formula is C31H31ClO5S. The molecule has 1 aliphatic heterocycles. The molecule has 1 saturated carbocycles. The van der Waals surface area contributed by atoms with Crippen LogP contribution in [-0.4, -0.2) is 26.2 Å². The fourth-order valence-corrected chi connectivity index (χ4v) is 7.13. The van der Waals surface area contributed by atoms with Gasteiger partial charge in [0, 0.05) is 25.0 Å². The fraction of sp³-hybridized carbons (Fsp3) is 0.323. The summed E-state index contributed by atoms with van der Waals surface area (Å²) in [4.78, 5) is 13.0. The van der Waals surface area contributed by atoms with Gasteiger partial charge in [-0.05, 0) is 53.7 Å². The van der Waals surface area contributed by atoms with Crippen LogP contribution in [0, 0.1) is 5.92 Å². The predicted octanol–water partition coefficient (Wildman–Crippen LogP) is 7.00. The van der Waals surface area contributed by atoms with E-state index >= 15 is 0 Å². The first-order valence-electron chi connectivity index (χ1n) is 12.8. The Morgan fingerprint density at radius 3 is 2.11 bits per heavy atom. The Bertz CT molecular complexity index is 1370. The number of hydrogen-bond donors (Lipinski definition) is 0. The first-order chi connectivity index (χ1) is 18.2. The number of ketones is 1. The van der Waals surface area contributed by atoms with Crippen LogP contribution >= 0.6 is 11.6 Å². The summed E-state index contributed by atoms with van der Waals surface area (Å²) in [7, 11) is -3.47. The first-order valence-corrected chi connectivity index (χ1v) is 15.1. The lowest BCUT2D eigenvalue weighted by molar-refractivity contribution is -0.173. The summed E-state index contributed by atoms with van der Waals surface area (Å²) >= 11 is 6.31. The van der Waals surface area contributed by atoms with Crippen molar-refractivity contribution in [1.29, 1.82) is 0 Å². The highest BCUT2D eigenvalue weighted by atomic mass is 35.5. The highest BCUT2D eigenvalue weighted by Crippen LogP contribution is 2.55. The largest absolute Gasteiger partial charge is 0.339 e. The van der Waals surface area contributed by atoms with Crippen molar-refractivity contribution in [3.05, 3.63) is 113 Å². The lowest BCUT2D eigenvalue weighted by atomic mass is 9.85. The second kappa shape index (κ2) is 10.8. The maximum Gasteiger partial charge on any atom is 0.176 e. The average molecular weight is 551 g/mol. The minimum Gasteiger partial charge on any atom is -0.339 e. The molecule has 38 heavy (non-hydrogen) atoms. The molecule has 3 aromatic rings. The third kappa shape index (κ3) is 5.50. The van der Waals surface area contributed by atoms with Crippen molar-refractivity contribution in [3.63, 3.8) is 0 Å². The van der Waals surface area contributed by atoms with Crippen LogP contribution in [0.1, 0.15) is 60.5 Å². The zero-order valence-electron chi connectivity index (χ0n) is 21.3. The monoisotopic (exact) mass is 550 g/mol. The molecule has 0 N–H and O–H groups in total. The Hall–Kier alpha value is -2.77. The lowest BCUT2D eigenvalue weighted by Crippen LogP contribution is -2.27. The summed E-state index contributed by atoms with van der Waals surface area (Å²) in [6.45, 7) is 3.69. The molecule has 1 aliphatic carbocycles. The van der Waals surface area contributed by atoms with Crippen molar-refractivity contribution >= 4 is 27.2 Å². The van der Waals surface area contributed by atoms with Crippen LogP contribution < -0.4 is 0 Å². The summed E-state index contributed by atoms with van der Waals surface area (Å²) < 4.78 is 37.5. The second-order valence-corrected chi connectivity index (χ2v) is 12.7.